The summed E-state index contributed by atoms with van der Waals surface area (Å²) in [4.78, 5) is 30.4. The van der Waals surface area contributed by atoms with E-state index in [-0.39, 0.29) is 6.03 Å². The molecule has 36 heavy (non-hydrogen) atoms. The van der Waals surface area contributed by atoms with Gasteiger partial charge in [-0.25, -0.2) is 4.79 Å². The van der Waals surface area contributed by atoms with Crippen LogP contribution in [0.1, 0.15) is 85.0 Å². The monoisotopic (exact) mass is 501 g/mol. The molecule has 4 rings (SSSR count). The summed E-state index contributed by atoms with van der Waals surface area (Å²) in [6, 6.07) is 0.315. The summed E-state index contributed by atoms with van der Waals surface area (Å²) < 4.78 is 0. The Labute approximate surface area is 219 Å². The second-order valence-corrected chi connectivity index (χ2v) is 12.2. The molecule has 4 aliphatic rings. The first-order chi connectivity index (χ1) is 17.4. The summed E-state index contributed by atoms with van der Waals surface area (Å²) in [5, 5.41) is 9.99. The second kappa shape index (κ2) is 13.3. The number of nitrogens with one attached hydrogen (secondary N) is 3. The van der Waals surface area contributed by atoms with Crippen LogP contribution in [-0.4, -0.2) is 73.2 Å². The normalized spacial score (nSPS) is 30.7. The molecule has 2 aliphatic carbocycles. The Balaban J connectivity index is 1.25. The number of hydrogen-bond acceptors (Lipinski definition) is 4. The zero-order chi connectivity index (χ0) is 25.5. The highest BCUT2D eigenvalue weighted by atomic mass is 16.2. The van der Waals surface area contributed by atoms with Crippen LogP contribution in [0.3, 0.4) is 0 Å². The molecule has 3 amide bonds. The van der Waals surface area contributed by atoms with Crippen LogP contribution in [0.15, 0.2) is 11.6 Å². The minimum Gasteiger partial charge on any atom is -0.340 e. The van der Waals surface area contributed by atoms with Crippen molar-refractivity contribution in [3.8, 4) is 0 Å². The van der Waals surface area contributed by atoms with Gasteiger partial charge in [-0.05, 0) is 75.7 Å². The van der Waals surface area contributed by atoms with Crippen molar-refractivity contribution in [3.05, 3.63) is 11.6 Å². The minimum atomic E-state index is -0.0182. The van der Waals surface area contributed by atoms with Gasteiger partial charge in [0.1, 0.15) is 0 Å². The van der Waals surface area contributed by atoms with E-state index in [2.05, 4.69) is 52.6 Å². The van der Waals surface area contributed by atoms with E-state index in [1.807, 2.05) is 0 Å². The highest BCUT2D eigenvalue weighted by Crippen LogP contribution is 2.39. The Morgan fingerprint density at radius 2 is 1.75 bits per heavy atom. The zero-order valence-electron chi connectivity index (χ0n) is 23.1. The number of urea groups is 1. The quantitative estimate of drug-likeness (QED) is 0.459. The molecule has 2 saturated heterocycles. The zero-order valence-corrected chi connectivity index (χ0v) is 23.1. The number of rotatable bonds is 7. The highest BCUT2D eigenvalue weighted by Gasteiger charge is 2.34. The maximum Gasteiger partial charge on any atom is 0.315 e. The number of piperidine rings is 1. The number of hydrogen-bond donors (Lipinski definition) is 3. The van der Waals surface area contributed by atoms with Gasteiger partial charge in [0.15, 0.2) is 0 Å². The molecule has 3 N–H and O–H groups in total. The summed E-state index contributed by atoms with van der Waals surface area (Å²) in [7, 11) is 0. The molecule has 0 spiro atoms. The van der Waals surface area contributed by atoms with Crippen LogP contribution in [0.25, 0.3) is 0 Å². The van der Waals surface area contributed by atoms with E-state index in [1.54, 1.807) is 0 Å². The molecule has 2 heterocycles. The third kappa shape index (κ3) is 7.47. The first-order valence-electron chi connectivity index (χ1n) is 14.9. The molecule has 0 radical (unpaired) electrons. The smallest absolute Gasteiger partial charge is 0.315 e. The lowest BCUT2D eigenvalue weighted by molar-refractivity contribution is -0.134. The summed E-state index contributed by atoms with van der Waals surface area (Å²) >= 11 is 0. The van der Waals surface area contributed by atoms with Crippen molar-refractivity contribution in [2.75, 3.05) is 39.3 Å². The minimum absolute atomic E-state index is 0.0182. The van der Waals surface area contributed by atoms with E-state index in [0.29, 0.717) is 54.8 Å². The van der Waals surface area contributed by atoms with Crippen molar-refractivity contribution in [3.63, 3.8) is 0 Å². The van der Waals surface area contributed by atoms with Crippen molar-refractivity contribution in [1.29, 1.82) is 0 Å². The Bertz CT molecular complexity index is 749. The predicted octanol–water partition coefficient (Wildman–Crippen LogP) is 4.11. The van der Waals surface area contributed by atoms with Gasteiger partial charge in [-0.15, -0.1) is 0 Å². The molecule has 204 valence electrons. The second-order valence-electron chi connectivity index (χ2n) is 12.2. The van der Waals surface area contributed by atoms with Crippen LogP contribution in [0, 0.1) is 23.7 Å². The molecule has 1 unspecified atom stereocenters. The van der Waals surface area contributed by atoms with Crippen molar-refractivity contribution < 1.29 is 9.59 Å². The van der Waals surface area contributed by atoms with Gasteiger partial charge >= 0.3 is 6.03 Å². The van der Waals surface area contributed by atoms with Gasteiger partial charge in [0, 0.05) is 45.2 Å². The van der Waals surface area contributed by atoms with E-state index in [4.69, 9.17) is 0 Å². The highest BCUT2D eigenvalue weighted by molar-refractivity contribution is 5.77. The van der Waals surface area contributed by atoms with Gasteiger partial charge in [-0.1, -0.05) is 44.8 Å². The van der Waals surface area contributed by atoms with Crippen molar-refractivity contribution in [2.24, 2.45) is 23.7 Å². The lowest BCUT2D eigenvalue weighted by Gasteiger charge is -2.42. The van der Waals surface area contributed by atoms with Crippen molar-refractivity contribution in [1.82, 2.24) is 25.8 Å². The molecule has 0 bridgehead atoms. The predicted molar refractivity (Wildman–Crippen MR) is 146 cm³/mol. The van der Waals surface area contributed by atoms with Crippen LogP contribution in [-0.2, 0) is 4.79 Å². The van der Waals surface area contributed by atoms with Crippen LogP contribution >= 0.6 is 0 Å². The fraction of sp³-hybridized carbons (Fsp3) is 0.862. The molecule has 2 aliphatic heterocycles. The van der Waals surface area contributed by atoms with Crippen LogP contribution < -0.4 is 16.0 Å². The number of piperazine rings is 1. The maximum absolute atomic E-state index is 13.3. The van der Waals surface area contributed by atoms with Crippen molar-refractivity contribution in [2.45, 2.75) is 97.2 Å². The van der Waals surface area contributed by atoms with E-state index in [0.717, 1.165) is 52.0 Å². The van der Waals surface area contributed by atoms with Crippen LogP contribution in [0.5, 0.6) is 0 Å². The molecular formula is C29H51N5O2. The Kier molecular flexibility index (Phi) is 10.1. The molecule has 7 heteroatoms. The average molecular weight is 502 g/mol. The number of carbonyl (C=O) groups is 2. The number of nitrogens with zero attached hydrogens (tertiary/aromatic N) is 2. The summed E-state index contributed by atoms with van der Waals surface area (Å²) in [6.07, 6.45) is 14.3. The van der Waals surface area contributed by atoms with Gasteiger partial charge in [-0.3, -0.25) is 9.69 Å². The lowest BCUT2D eigenvalue weighted by atomic mass is 9.69. The Morgan fingerprint density at radius 1 is 1.03 bits per heavy atom. The van der Waals surface area contributed by atoms with Gasteiger partial charge < -0.3 is 20.9 Å². The molecule has 0 aromatic heterocycles. The third-order valence-electron chi connectivity index (χ3n) is 9.34. The SMILES string of the molecule is CC1=C[C@@H](CNC(=O)NC2CCCCC2)[C@H](C(C)C)C[C@H]1CC(=O)N1CCN(C2CCCCN2)CC1. The van der Waals surface area contributed by atoms with Gasteiger partial charge in [0.2, 0.25) is 5.91 Å². The first kappa shape index (κ1) is 27.4. The Hall–Kier alpha value is -1.60. The topological polar surface area (TPSA) is 76.7 Å². The standard InChI is InChI=1S/C29H51N5O2/c1-21(2)26-18-23(19-28(35)34-15-13-33(14-16-34)27-11-7-8-12-30-27)22(3)17-24(26)20-31-29(36)32-25-9-5-4-6-10-25/h17,21,23-27,30H,4-16,18-20H2,1-3H3,(H2,31,32,36)/t23-,24-,26-,27?/m0/s1. The van der Waals surface area contributed by atoms with Crippen molar-refractivity contribution >= 4 is 11.9 Å². The van der Waals surface area contributed by atoms with Crippen LogP contribution in [0.2, 0.25) is 0 Å². The molecule has 0 aromatic rings. The largest absolute Gasteiger partial charge is 0.340 e. The molecule has 1 saturated carbocycles. The molecule has 4 atom stereocenters. The summed E-state index contributed by atoms with van der Waals surface area (Å²) in [5.41, 5.74) is 1.32. The van der Waals surface area contributed by atoms with E-state index < -0.39 is 0 Å². The van der Waals surface area contributed by atoms with Crippen LogP contribution in [0.4, 0.5) is 4.79 Å². The van der Waals surface area contributed by atoms with E-state index in [9.17, 15) is 9.59 Å². The maximum atomic E-state index is 13.3. The lowest BCUT2D eigenvalue weighted by Crippen LogP contribution is -2.57. The fourth-order valence-corrected chi connectivity index (χ4v) is 6.97. The molecule has 7 nitrogen and oxygen atoms in total. The van der Waals surface area contributed by atoms with Gasteiger partial charge in [-0.2, -0.15) is 0 Å². The van der Waals surface area contributed by atoms with E-state index in [1.165, 1.54) is 44.1 Å². The third-order valence-corrected chi connectivity index (χ3v) is 9.34. The number of allylic oxidation sites excluding steroid dienone is 1. The van der Waals surface area contributed by atoms with Gasteiger partial charge in [0.25, 0.3) is 0 Å². The summed E-state index contributed by atoms with van der Waals surface area (Å²) in [5.74, 6) is 1.97. The fourth-order valence-electron chi connectivity index (χ4n) is 6.97. The Morgan fingerprint density at radius 3 is 2.42 bits per heavy atom. The molecule has 3 fully saturated rings. The van der Waals surface area contributed by atoms with Gasteiger partial charge in [0.05, 0.1) is 6.17 Å². The first-order valence-corrected chi connectivity index (χ1v) is 14.9. The number of amides is 3. The average Bonchev–Trinajstić information content (AvgIpc) is 2.89. The molecular weight excluding hydrogens is 450 g/mol. The molecule has 0 aromatic carbocycles. The summed E-state index contributed by atoms with van der Waals surface area (Å²) in [6.45, 7) is 12.2. The van der Waals surface area contributed by atoms with E-state index >= 15 is 0 Å². The number of carbonyl (C=O) groups excluding carboxylic acids is 2.